The van der Waals surface area contributed by atoms with Gasteiger partial charge in [0.05, 0.1) is 16.3 Å². The molecule has 1 aliphatic heterocycles. The molecule has 2 heterocycles. The molecule has 0 aliphatic carbocycles. The Morgan fingerprint density at radius 1 is 1.47 bits per heavy atom. The Labute approximate surface area is 107 Å². The quantitative estimate of drug-likeness (QED) is 0.902. The maximum Gasteiger partial charge on any atom is 0.0947 e. The van der Waals surface area contributed by atoms with Crippen molar-refractivity contribution in [1.82, 2.24) is 4.98 Å². The van der Waals surface area contributed by atoms with Crippen LogP contribution in [0.1, 0.15) is 41.8 Å². The molecule has 1 fully saturated rings. The molecule has 1 aromatic heterocycles. The Morgan fingerprint density at radius 3 is 2.76 bits per heavy atom. The SMILES string of the molecule is Cc1nc(CC(N)C2(C)CCCCO2)sc1C. The van der Waals surface area contributed by atoms with Crippen molar-refractivity contribution in [3.63, 3.8) is 0 Å². The number of aryl methyl sites for hydroxylation is 2. The Hall–Kier alpha value is -0.450. The van der Waals surface area contributed by atoms with Crippen LogP contribution in [-0.4, -0.2) is 23.2 Å². The topological polar surface area (TPSA) is 48.1 Å². The Morgan fingerprint density at radius 2 is 2.24 bits per heavy atom. The van der Waals surface area contributed by atoms with E-state index in [0.717, 1.165) is 36.6 Å². The van der Waals surface area contributed by atoms with Gasteiger partial charge in [-0.25, -0.2) is 4.98 Å². The number of aromatic nitrogens is 1. The van der Waals surface area contributed by atoms with Crippen LogP contribution in [0.15, 0.2) is 0 Å². The van der Waals surface area contributed by atoms with E-state index < -0.39 is 0 Å². The molecule has 0 amide bonds. The first kappa shape index (κ1) is 13.0. The third-order valence-electron chi connectivity index (χ3n) is 3.75. The van der Waals surface area contributed by atoms with Crippen molar-refractivity contribution in [2.24, 2.45) is 5.73 Å². The van der Waals surface area contributed by atoms with Crippen molar-refractivity contribution in [3.05, 3.63) is 15.6 Å². The van der Waals surface area contributed by atoms with Crippen LogP contribution in [-0.2, 0) is 11.2 Å². The van der Waals surface area contributed by atoms with Crippen molar-refractivity contribution in [2.75, 3.05) is 6.61 Å². The van der Waals surface area contributed by atoms with Crippen LogP contribution in [0.4, 0.5) is 0 Å². The van der Waals surface area contributed by atoms with Gasteiger partial charge in [-0.3, -0.25) is 0 Å². The highest BCUT2D eigenvalue weighted by Crippen LogP contribution is 2.29. The number of rotatable bonds is 3. The van der Waals surface area contributed by atoms with Gasteiger partial charge >= 0.3 is 0 Å². The predicted molar refractivity (Wildman–Crippen MR) is 71.5 cm³/mol. The zero-order chi connectivity index (χ0) is 12.5. The normalized spacial score (nSPS) is 27.1. The van der Waals surface area contributed by atoms with E-state index >= 15 is 0 Å². The van der Waals surface area contributed by atoms with Gasteiger partial charge in [0.2, 0.25) is 0 Å². The Kier molecular flexibility index (Phi) is 3.85. The minimum atomic E-state index is -0.161. The molecule has 96 valence electrons. The van der Waals surface area contributed by atoms with Gasteiger partial charge in [-0.2, -0.15) is 0 Å². The number of hydrogen-bond acceptors (Lipinski definition) is 4. The predicted octanol–water partition coefficient (Wildman–Crippen LogP) is 2.59. The van der Waals surface area contributed by atoms with E-state index in [1.807, 2.05) is 0 Å². The van der Waals surface area contributed by atoms with Crippen LogP contribution < -0.4 is 5.73 Å². The van der Waals surface area contributed by atoms with E-state index in [1.54, 1.807) is 11.3 Å². The summed E-state index contributed by atoms with van der Waals surface area (Å²) in [6.45, 7) is 7.16. The molecule has 4 heteroatoms. The van der Waals surface area contributed by atoms with E-state index in [-0.39, 0.29) is 11.6 Å². The lowest BCUT2D eigenvalue weighted by Gasteiger charge is -2.38. The average Bonchev–Trinajstić information content (AvgIpc) is 2.59. The van der Waals surface area contributed by atoms with E-state index in [9.17, 15) is 0 Å². The maximum atomic E-state index is 6.32. The molecule has 1 saturated heterocycles. The van der Waals surface area contributed by atoms with Gasteiger partial charge in [-0.1, -0.05) is 0 Å². The number of nitrogens with zero attached hydrogens (tertiary/aromatic N) is 1. The molecule has 0 radical (unpaired) electrons. The van der Waals surface area contributed by atoms with Crippen LogP contribution in [0, 0.1) is 13.8 Å². The minimum Gasteiger partial charge on any atom is -0.374 e. The Balaban J connectivity index is 2.02. The highest BCUT2D eigenvalue weighted by atomic mass is 32.1. The first-order chi connectivity index (χ1) is 8.01. The fourth-order valence-electron chi connectivity index (χ4n) is 2.28. The lowest BCUT2D eigenvalue weighted by atomic mass is 9.87. The van der Waals surface area contributed by atoms with Crippen molar-refractivity contribution >= 4 is 11.3 Å². The standard InChI is InChI=1S/C13H22N2OS/c1-9-10(2)17-12(15-9)8-11(14)13(3)6-4-5-7-16-13/h11H,4-8,14H2,1-3H3. The summed E-state index contributed by atoms with van der Waals surface area (Å²) in [7, 11) is 0. The molecular formula is C13H22N2OS. The third-order valence-corrected chi connectivity index (χ3v) is 4.85. The number of hydrogen-bond donors (Lipinski definition) is 1. The van der Waals surface area contributed by atoms with Crippen LogP contribution in [0.3, 0.4) is 0 Å². The van der Waals surface area contributed by atoms with Gasteiger partial charge in [0, 0.05) is 23.9 Å². The summed E-state index contributed by atoms with van der Waals surface area (Å²) in [5.74, 6) is 0. The van der Waals surface area contributed by atoms with Gasteiger partial charge in [-0.05, 0) is 40.0 Å². The molecule has 0 aromatic carbocycles. The molecular weight excluding hydrogens is 232 g/mol. The highest BCUT2D eigenvalue weighted by molar-refractivity contribution is 7.11. The number of ether oxygens (including phenoxy) is 1. The van der Waals surface area contributed by atoms with E-state index in [0.29, 0.717) is 0 Å². The molecule has 0 saturated carbocycles. The molecule has 0 spiro atoms. The zero-order valence-electron chi connectivity index (χ0n) is 11.0. The molecule has 2 N–H and O–H groups in total. The van der Waals surface area contributed by atoms with Crippen LogP contribution in [0.2, 0.25) is 0 Å². The fourth-order valence-corrected chi connectivity index (χ4v) is 3.27. The van der Waals surface area contributed by atoms with Crippen LogP contribution in [0.25, 0.3) is 0 Å². The lowest BCUT2D eigenvalue weighted by molar-refractivity contribution is -0.0808. The van der Waals surface area contributed by atoms with Crippen LogP contribution >= 0.6 is 11.3 Å². The van der Waals surface area contributed by atoms with Gasteiger partial charge in [0.15, 0.2) is 0 Å². The average molecular weight is 254 g/mol. The fraction of sp³-hybridized carbons (Fsp3) is 0.769. The summed E-state index contributed by atoms with van der Waals surface area (Å²) in [5.41, 5.74) is 7.29. The van der Waals surface area contributed by atoms with Gasteiger partial charge in [-0.15, -0.1) is 11.3 Å². The summed E-state index contributed by atoms with van der Waals surface area (Å²) in [6, 6.07) is 0.0488. The second-order valence-corrected chi connectivity index (χ2v) is 6.47. The second kappa shape index (κ2) is 5.04. The second-order valence-electron chi connectivity index (χ2n) is 5.18. The highest BCUT2D eigenvalue weighted by Gasteiger charge is 2.35. The summed E-state index contributed by atoms with van der Waals surface area (Å²) < 4.78 is 5.89. The van der Waals surface area contributed by atoms with Gasteiger partial charge < -0.3 is 10.5 Å². The summed E-state index contributed by atoms with van der Waals surface area (Å²) in [4.78, 5) is 5.85. The first-order valence-corrected chi connectivity index (χ1v) is 7.15. The molecule has 1 aliphatic rings. The monoisotopic (exact) mass is 254 g/mol. The third kappa shape index (κ3) is 2.87. The van der Waals surface area contributed by atoms with Gasteiger partial charge in [0.25, 0.3) is 0 Å². The molecule has 2 atom stereocenters. The smallest absolute Gasteiger partial charge is 0.0947 e. The molecule has 2 unspecified atom stereocenters. The van der Waals surface area contributed by atoms with Crippen molar-refractivity contribution in [3.8, 4) is 0 Å². The largest absolute Gasteiger partial charge is 0.374 e. The van der Waals surface area contributed by atoms with E-state index in [2.05, 4.69) is 25.8 Å². The van der Waals surface area contributed by atoms with Crippen molar-refractivity contribution < 1.29 is 4.74 Å². The van der Waals surface area contributed by atoms with Gasteiger partial charge in [0.1, 0.15) is 0 Å². The van der Waals surface area contributed by atoms with Crippen molar-refractivity contribution in [1.29, 1.82) is 0 Å². The zero-order valence-corrected chi connectivity index (χ0v) is 11.8. The van der Waals surface area contributed by atoms with Crippen LogP contribution in [0.5, 0.6) is 0 Å². The van der Waals surface area contributed by atoms with Crippen molar-refractivity contribution in [2.45, 2.75) is 58.1 Å². The summed E-state index contributed by atoms with van der Waals surface area (Å²) >= 11 is 1.76. The number of nitrogens with two attached hydrogens (primary N) is 1. The minimum absolute atomic E-state index is 0.0488. The summed E-state index contributed by atoms with van der Waals surface area (Å²) in [6.07, 6.45) is 4.28. The summed E-state index contributed by atoms with van der Waals surface area (Å²) in [5, 5.41) is 1.14. The Bertz CT molecular complexity index is 363. The lowest BCUT2D eigenvalue weighted by Crippen LogP contribution is -2.50. The van der Waals surface area contributed by atoms with E-state index in [4.69, 9.17) is 10.5 Å². The van der Waals surface area contributed by atoms with E-state index in [1.165, 1.54) is 11.3 Å². The maximum absolute atomic E-state index is 6.32. The molecule has 1 aromatic rings. The molecule has 17 heavy (non-hydrogen) atoms. The molecule has 2 rings (SSSR count). The molecule has 0 bridgehead atoms. The first-order valence-electron chi connectivity index (χ1n) is 6.34. The number of thiazole rings is 1. The molecule has 3 nitrogen and oxygen atoms in total.